The molecule has 0 aliphatic rings. The largest absolute Gasteiger partial charge is 0.457 e. The number of benzene rings is 1. The van der Waals surface area contributed by atoms with Gasteiger partial charge < -0.3 is 9.52 Å². The summed E-state index contributed by atoms with van der Waals surface area (Å²) in [6.07, 6.45) is 0.0724. The molecule has 1 aromatic heterocycles. The van der Waals surface area contributed by atoms with E-state index in [1.807, 2.05) is 18.2 Å². The minimum absolute atomic E-state index is 0.0577. The monoisotopic (exact) mass is 252 g/mol. The van der Waals surface area contributed by atoms with Crippen molar-refractivity contribution in [3.63, 3.8) is 0 Å². The highest BCUT2D eigenvalue weighted by Crippen LogP contribution is 2.34. The van der Waals surface area contributed by atoms with Crippen molar-refractivity contribution >= 4 is 22.6 Å². The maximum absolute atomic E-state index is 10.1. The third-order valence-corrected chi connectivity index (χ3v) is 2.95. The van der Waals surface area contributed by atoms with E-state index in [1.54, 1.807) is 6.07 Å². The van der Waals surface area contributed by atoms with E-state index < -0.39 is 6.10 Å². The molecular weight excluding hydrogens is 236 g/mol. The van der Waals surface area contributed by atoms with Crippen molar-refractivity contribution in [3.8, 4) is 0 Å². The summed E-state index contributed by atoms with van der Waals surface area (Å²) < 4.78 is 5.62. The Morgan fingerprint density at radius 3 is 2.65 bits per heavy atom. The van der Waals surface area contributed by atoms with Crippen LogP contribution in [0.25, 0.3) is 11.0 Å². The predicted octanol–water partition coefficient (Wildman–Crippen LogP) is 4.56. The summed E-state index contributed by atoms with van der Waals surface area (Å²) in [5, 5.41) is 11.6. The van der Waals surface area contributed by atoms with Crippen molar-refractivity contribution in [1.29, 1.82) is 0 Å². The number of rotatable bonds is 2. The Labute approximate surface area is 106 Å². The van der Waals surface area contributed by atoms with E-state index >= 15 is 0 Å². The third-order valence-electron chi connectivity index (χ3n) is 2.65. The molecule has 3 heteroatoms. The maximum atomic E-state index is 10.1. The number of hydrogen-bond acceptors (Lipinski definition) is 2. The first-order valence-corrected chi connectivity index (χ1v) is 6.11. The van der Waals surface area contributed by atoms with Gasteiger partial charge in [-0.25, -0.2) is 0 Å². The van der Waals surface area contributed by atoms with Gasteiger partial charge in [0.1, 0.15) is 11.9 Å². The van der Waals surface area contributed by atoms with Gasteiger partial charge in [0, 0.05) is 5.39 Å². The lowest BCUT2D eigenvalue weighted by molar-refractivity contribution is 0.102. The second-order valence-electron chi connectivity index (χ2n) is 5.59. The number of aliphatic hydroxyl groups excluding tert-OH is 1. The first kappa shape index (κ1) is 12.5. The van der Waals surface area contributed by atoms with Crippen LogP contribution in [0.2, 0.25) is 5.02 Å². The Hall–Kier alpha value is -0.990. The van der Waals surface area contributed by atoms with Crippen LogP contribution in [-0.4, -0.2) is 5.11 Å². The molecular formula is C14H17ClO2. The highest BCUT2D eigenvalue weighted by atomic mass is 35.5. The molecule has 0 aliphatic heterocycles. The Morgan fingerprint density at radius 2 is 2.06 bits per heavy atom. The van der Waals surface area contributed by atoms with Crippen molar-refractivity contribution in [3.05, 3.63) is 35.0 Å². The van der Waals surface area contributed by atoms with Crippen molar-refractivity contribution in [1.82, 2.24) is 0 Å². The van der Waals surface area contributed by atoms with Crippen molar-refractivity contribution in [2.24, 2.45) is 5.41 Å². The van der Waals surface area contributed by atoms with Gasteiger partial charge in [0.15, 0.2) is 5.58 Å². The van der Waals surface area contributed by atoms with E-state index in [2.05, 4.69) is 20.8 Å². The van der Waals surface area contributed by atoms with Crippen LogP contribution in [-0.2, 0) is 0 Å². The summed E-state index contributed by atoms with van der Waals surface area (Å²) >= 11 is 6.03. The molecule has 17 heavy (non-hydrogen) atoms. The summed E-state index contributed by atoms with van der Waals surface area (Å²) in [5.41, 5.74) is 0.708. The van der Waals surface area contributed by atoms with Crippen molar-refractivity contribution in [2.45, 2.75) is 33.3 Å². The molecule has 1 unspecified atom stereocenters. The topological polar surface area (TPSA) is 33.4 Å². The Morgan fingerprint density at radius 1 is 1.35 bits per heavy atom. The third kappa shape index (κ3) is 2.82. The fourth-order valence-electron chi connectivity index (χ4n) is 1.89. The van der Waals surface area contributed by atoms with Crippen molar-refractivity contribution in [2.75, 3.05) is 0 Å². The van der Waals surface area contributed by atoms with Crippen molar-refractivity contribution < 1.29 is 9.52 Å². The molecule has 0 spiro atoms. The molecule has 0 saturated carbocycles. The minimum atomic E-state index is -0.585. The summed E-state index contributed by atoms with van der Waals surface area (Å²) in [4.78, 5) is 0. The Kier molecular flexibility index (Phi) is 3.19. The summed E-state index contributed by atoms with van der Waals surface area (Å²) in [7, 11) is 0. The molecule has 1 heterocycles. The molecule has 0 fully saturated rings. The average molecular weight is 253 g/mol. The lowest BCUT2D eigenvalue weighted by Gasteiger charge is -2.20. The van der Waals surface area contributed by atoms with Gasteiger partial charge in [-0.15, -0.1) is 0 Å². The molecule has 0 radical (unpaired) electrons. The molecule has 0 saturated heterocycles. The van der Waals surface area contributed by atoms with Crippen LogP contribution in [0.5, 0.6) is 0 Å². The number of halogens is 1. The van der Waals surface area contributed by atoms with E-state index in [-0.39, 0.29) is 5.41 Å². The van der Waals surface area contributed by atoms with Crippen LogP contribution in [0, 0.1) is 5.41 Å². The van der Waals surface area contributed by atoms with E-state index in [0.29, 0.717) is 22.8 Å². The molecule has 0 amide bonds. The van der Waals surface area contributed by atoms with Gasteiger partial charge in [0.25, 0.3) is 0 Å². The maximum Gasteiger partial charge on any atom is 0.152 e. The number of para-hydroxylation sites is 1. The fraction of sp³-hybridized carbons (Fsp3) is 0.429. The van der Waals surface area contributed by atoms with Gasteiger partial charge in [0.2, 0.25) is 0 Å². The summed E-state index contributed by atoms with van der Waals surface area (Å²) in [6, 6.07) is 7.45. The average Bonchev–Trinajstić information content (AvgIpc) is 2.60. The molecule has 1 N–H and O–H groups in total. The molecule has 2 nitrogen and oxygen atoms in total. The van der Waals surface area contributed by atoms with Gasteiger partial charge in [-0.05, 0) is 24.0 Å². The SMILES string of the molecule is CC(C)(C)CC(O)c1cc2cccc(Cl)c2o1. The Balaban J connectivity index is 2.34. The molecule has 1 atom stereocenters. The second kappa shape index (κ2) is 4.35. The zero-order valence-electron chi connectivity index (χ0n) is 10.3. The second-order valence-corrected chi connectivity index (χ2v) is 5.99. The van der Waals surface area contributed by atoms with Gasteiger partial charge >= 0.3 is 0 Å². The molecule has 92 valence electrons. The van der Waals surface area contributed by atoms with Crippen LogP contribution in [0.15, 0.2) is 28.7 Å². The van der Waals surface area contributed by atoms with Gasteiger partial charge in [-0.1, -0.05) is 44.5 Å². The minimum Gasteiger partial charge on any atom is -0.457 e. The smallest absolute Gasteiger partial charge is 0.152 e. The van der Waals surface area contributed by atoms with Gasteiger partial charge in [-0.3, -0.25) is 0 Å². The van der Waals surface area contributed by atoms with E-state index in [0.717, 1.165) is 5.39 Å². The van der Waals surface area contributed by atoms with Crippen LogP contribution in [0.3, 0.4) is 0 Å². The molecule has 2 rings (SSSR count). The fourth-order valence-corrected chi connectivity index (χ4v) is 2.11. The molecule has 2 aromatic rings. The van der Waals surface area contributed by atoms with Crippen LogP contribution in [0.4, 0.5) is 0 Å². The quantitative estimate of drug-likeness (QED) is 0.850. The highest BCUT2D eigenvalue weighted by molar-refractivity contribution is 6.34. The first-order valence-electron chi connectivity index (χ1n) is 5.73. The summed E-state index contributed by atoms with van der Waals surface area (Å²) in [5.74, 6) is 0.586. The van der Waals surface area contributed by atoms with Crippen LogP contribution < -0.4 is 0 Å². The number of hydrogen-bond donors (Lipinski definition) is 1. The highest BCUT2D eigenvalue weighted by Gasteiger charge is 2.21. The zero-order chi connectivity index (χ0) is 12.6. The lowest BCUT2D eigenvalue weighted by atomic mass is 9.88. The first-order chi connectivity index (χ1) is 7.87. The van der Waals surface area contributed by atoms with E-state index in [9.17, 15) is 5.11 Å². The predicted molar refractivity (Wildman–Crippen MR) is 70.3 cm³/mol. The number of furan rings is 1. The molecule has 0 bridgehead atoms. The number of aliphatic hydroxyl groups is 1. The number of fused-ring (bicyclic) bond motifs is 1. The van der Waals surface area contributed by atoms with Gasteiger partial charge in [0.05, 0.1) is 5.02 Å². The standard InChI is InChI=1S/C14H17ClO2/c1-14(2,3)8-11(16)12-7-9-5-4-6-10(15)13(9)17-12/h4-7,11,16H,8H2,1-3H3. The Bertz CT molecular complexity index is 522. The van der Waals surface area contributed by atoms with Crippen LogP contribution >= 0.6 is 11.6 Å². The normalized spacial score (nSPS) is 14.2. The zero-order valence-corrected chi connectivity index (χ0v) is 11.1. The van der Waals surface area contributed by atoms with Gasteiger partial charge in [-0.2, -0.15) is 0 Å². The van der Waals surface area contributed by atoms with E-state index in [1.165, 1.54) is 0 Å². The molecule has 1 aromatic carbocycles. The van der Waals surface area contributed by atoms with E-state index in [4.69, 9.17) is 16.0 Å². The lowest BCUT2D eigenvalue weighted by Crippen LogP contribution is -2.10. The molecule has 0 aliphatic carbocycles. The van der Waals surface area contributed by atoms with Crippen LogP contribution in [0.1, 0.15) is 39.1 Å². The summed E-state index contributed by atoms with van der Waals surface area (Å²) in [6.45, 7) is 6.27.